The Balaban J connectivity index is 2.79. The molecule has 0 amide bonds. The molecular weight excluding hydrogens is 222 g/mol. The van der Waals surface area contributed by atoms with Crippen LogP contribution in [0.5, 0.6) is 0 Å². The van der Waals surface area contributed by atoms with E-state index in [1.54, 1.807) is 7.11 Å². The Bertz CT molecular complexity index is 362. The molecule has 1 N–H and O–H groups in total. The first-order chi connectivity index (χ1) is 8.58. The van der Waals surface area contributed by atoms with E-state index in [-0.39, 0.29) is 0 Å². The minimum Gasteiger partial charge on any atom is -0.382 e. The molecule has 0 spiro atoms. The van der Waals surface area contributed by atoms with Crippen molar-refractivity contribution >= 4 is 0 Å². The SMILES string of the molecule is CCNC(CCC(C)OC)c1cc(C)ccc1C. The molecule has 2 atom stereocenters. The molecule has 1 aromatic rings. The predicted octanol–water partition coefficient (Wildman–Crippen LogP) is 3.77. The molecule has 0 saturated carbocycles. The molecule has 18 heavy (non-hydrogen) atoms. The van der Waals surface area contributed by atoms with Crippen molar-refractivity contribution in [3.8, 4) is 0 Å². The largest absolute Gasteiger partial charge is 0.382 e. The van der Waals surface area contributed by atoms with Gasteiger partial charge in [-0.2, -0.15) is 0 Å². The summed E-state index contributed by atoms with van der Waals surface area (Å²) in [6.45, 7) is 9.64. The fraction of sp³-hybridized carbons (Fsp3) is 0.625. The molecule has 0 aromatic heterocycles. The molecule has 1 rings (SSSR count). The van der Waals surface area contributed by atoms with Crippen LogP contribution in [0.25, 0.3) is 0 Å². The number of nitrogens with one attached hydrogen (secondary N) is 1. The number of ether oxygens (including phenoxy) is 1. The van der Waals surface area contributed by atoms with E-state index in [0.29, 0.717) is 12.1 Å². The molecule has 0 heterocycles. The zero-order valence-corrected chi connectivity index (χ0v) is 12.4. The second-order valence-electron chi connectivity index (χ2n) is 5.09. The molecule has 0 aliphatic rings. The predicted molar refractivity (Wildman–Crippen MR) is 78.0 cm³/mol. The van der Waals surface area contributed by atoms with Gasteiger partial charge in [0.05, 0.1) is 6.10 Å². The highest BCUT2D eigenvalue weighted by Gasteiger charge is 2.14. The first kappa shape index (κ1) is 15.2. The van der Waals surface area contributed by atoms with Gasteiger partial charge in [-0.15, -0.1) is 0 Å². The van der Waals surface area contributed by atoms with Gasteiger partial charge < -0.3 is 10.1 Å². The van der Waals surface area contributed by atoms with Gasteiger partial charge in [-0.25, -0.2) is 0 Å². The van der Waals surface area contributed by atoms with E-state index in [0.717, 1.165) is 19.4 Å². The normalized spacial score (nSPS) is 14.5. The molecule has 2 unspecified atom stereocenters. The minimum atomic E-state index is 0.330. The molecule has 2 heteroatoms. The number of hydrogen-bond donors (Lipinski definition) is 1. The average Bonchev–Trinajstić information content (AvgIpc) is 2.37. The van der Waals surface area contributed by atoms with Gasteiger partial charge in [-0.3, -0.25) is 0 Å². The number of rotatable bonds is 7. The van der Waals surface area contributed by atoms with Crippen LogP contribution in [0.4, 0.5) is 0 Å². The van der Waals surface area contributed by atoms with Gasteiger partial charge in [0.2, 0.25) is 0 Å². The minimum absolute atomic E-state index is 0.330. The Labute approximate surface area is 112 Å². The first-order valence-electron chi connectivity index (χ1n) is 6.91. The highest BCUT2D eigenvalue weighted by Crippen LogP contribution is 2.24. The van der Waals surface area contributed by atoms with Crippen molar-refractivity contribution in [1.82, 2.24) is 5.32 Å². The van der Waals surface area contributed by atoms with Crippen LogP contribution in [0.1, 0.15) is 49.4 Å². The molecule has 1 aromatic carbocycles. The summed E-state index contributed by atoms with van der Waals surface area (Å²) in [7, 11) is 1.78. The van der Waals surface area contributed by atoms with Crippen molar-refractivity contribution in [3.05, 3.63) is 34.9 Å². The van der Waals surface area contributed by atoms with Crippen LogP contribution >= 0.6 is 0 Å². The Morgan fingerprint density at radius 2 is 1.94 bits per heavy atom. The van der Waals surface area contributed by atoms with E-state index in [1.165, 1.54) is 16.7 Å². The fourth-order valence-electron chi connectivity index (χ4n) is 2.27. The highest BCUT2D eigenvalue weighted by molar-refractivity contribution is 5.33. The lowest BCUT2D eigenvalue weighted by molar-refractivity contribution is 0.106. The zero-order valence-electron chi connectivity index (χ0n) is 12.4. The third kappa shape index (κ3) is 4.43. The van der Waals surface area contributed by atoms with Crippen LogP contribution in [-0.4, -0.2) is 19.8 Å². The molecule has 102 valence electrons. The molecule has 0 aliphatic heterocycles. The third-order valence-corrected chi connectivity index (χ3v) is 3.52. The quantitative estimate of drug-likeness (QED) is 0.794. The number of aryl methyl sites for hydroxylation is 2. The molecule has 0 radical (unpaired) electrons. The number of hydrogen-bond acceptors (Lipinski definition) is 2. The molecule has 0 aliphatic carbocycles. The monoisotopic (exact) mass is 249 g/mol. The highest BCUT2D eigenvalue weighted by atomic mass is 16.5. The standard InChI is InChI=1S/C16H27NO/c1-6-17-16(10-9-14(4)18-5)15-11-12(2)7-8-13(15)3/h7-8,11,14,16-17H,6,9-10H2,1-5H3. The summed E-state index contributed by atoms with van der Waals surface area (Å²) < 4.78 is 5.34. The lowest BCUT2D eigenvalue weighted by atomic mass is 9.95. The molecule has 0 bridgehead atoms. The van der Waals surface area contributed by atoms with Gasteiger partial charge >= 0.3 is 0 Å². The van der Waals surface area contributed by atoms with E-state index in [9.17, 15) is 0 Å². The Kier molecular flexibility index (Phi) is 6.37. The summed E-state index contributed by atoms with van der Waals surface area (Å²) in [6.07, 6.45) is 2.53. The third-order valence-electron chi connectivity index (χ3n) is 3.52. The average molecular weight is 249 g/mol. The molecule has 0 fully saturated rings. The lowest BCUT2D eigenvalue weighted by Gasteiger charge is -2.22. The van der Waals surface area contributed by atoms with Crippen LogP contribution < -0.4 is 5.32 Å². The summed E-state index contributed by atoms with van der Waals surface area (Å²) in [6, 6.07) is 7.14. The number of benzene rings is 1. The van der Waals surface area contributed by atoms with Crippen molar-refractivity contribution in [1.29, 1.82) is 0 Å². The van der Waals surface area contributed by atoms with Crippen LogP contribution in [0.2, 0.25) is 0 Å². The van der Waals surface area contributed by atoms with Crippen LogP contribution in [0.3, 0.4) is 0 Å². The second-order valence-corrected chi connectivity index (χ2v) is 5.09. The van der Waals surface area contributed by atoms with E-state index in [4.69, 9.17) is 4.74 Å². The van der Waals surface area contributed by atoms with Crippen LogP contribution in [-0.2, 0) is 4.74 Å². The topological polar surface area (TPSA) is 21.3 Å². The maximum absolute atomic E-state index is 5.34. The van der Waals surface area contributed by atoms with E-state index in [1.807, 2.05) is 0 Å². The maximum atomic E-state index is 5.34. The van der Waals surface area contributed by atoms with Crippen molar-refractivity contribution < 1.29 is 4.74 Å². The lowest BCUT2D eigenvalue weighted by Crippen LogP contribution is -2.23. The Hall–Kier alpha value is -0.860. The van der Waals surface area contributed by atoms with Gasteiger partial charge in [0.1, 0.15) is 0 Å². The summed E-state index contributed by atoms with van der Waals surface area (Å²) >= 11 is 0. The molecule has 2 nitrogen and oxygen atoms in total. The number of methoxy groups -OCH3 is 1. The summed E-state index contributed by atoms with van der Waals surface area (Å²) in [5, 5.41) is 3.59. The van der Waals surface area contributed by atoms with E-state index >= 15 is 0 Å². The van der Waals surface area contributed by atoms with Gasteiger partial charge in [0.15, 0.2) is 0 Å². The van der Waals surface area contributed by atoms with Crippen molar-refractivity contribution in [3.63, 3.8) is 0 Å². The maximum Gasteiger partial charge on any atom is 0.0543 e. The summed E-state index contributed by atoms with van der Waals surface area (Å²) in [4.78, 5) is 0. The van der Waals surface area contributed by atoms with Gasteiger partial charge in [-0.05, 0) is 51.3 Å². The molecular formula is C16H27NO. The van der Waals surface area contributed by atoms with Crippen molar-refractivity contribution in [2.24, 2.45) is 0 Å². The van der Waals surface area contributed by atoms with Crippen molar-refractivity contribution in [2.75, 3.05) is 13.7 Å². The van der Waals surface area contributed by atoms with Crippen LogP contribution in [0.15, 0.2) is 18.2 Å². The molecule has 0 saturated heterocycles. The van der Waals surface area contributed by atoms with Gasteiger partial charge in [0, 0.05) is 13.2 Å². The van der Waals surface area contributed by atoms with Gasteiger partial charge in [-0.1, -0.05) is 30.7 Å². The summed E-state index contributed by atoms with van der Waals surface area (Å²) in [5.74, 6) is 0. The van der Waals surface area contributed by atoms with E-state index < -0.39 is 0 Å². The second kappa shape index (κ2) is 7.55. The van der Waals surface area contributed by atoms with Crippen LogP contribution in [0, 0.1) is 13.8 Å². The Morgan fingerprint density at radius 3 is 2.56 bits per heavy atom. The first-order valence-corrected chi connectivity index (χ1v) is 6.91. The van der Waals surface area contributed by atoms with E-state index in [2.05, 4.69) is 51.2 Å². The van der Waals surface area contributed by atoms with Gasteiger partial charge in [0.25, 0.3) is 0 Å². The van der Waals surface area contributed by atoms with Crippen molar-refractivity contribution in [2.45, 2.75) is 52.7 Å². The summed E-state index contributed by atoms with van der Waals surface area (Å²) in [5.41, 5.74) is 4.13. The smallest absolute Gasteiger partial charge is 0.0543 e. The fourth-order valence-corrected chi connectivity index (χ4v) is 2.27. The zero-order chi connectivity index (χ0) is 13.5. The Morgan fingerprint density at radius 1 is 1.22 bits per heavy atom.